The van der Waals surface area contributed by atoms with Crippen LogP contribution in [0.2, 0.25) is 51.4 Å². The van der Waals surface area contributed by atoms with Gasteiger partial charge in [0.25, 0.3) is 5.91 Å². The number of likely N-dealkylation sites (N-methyl/N-ethyl adjacent to an activating group) is 1. The van der Waals surface area contributed by atoms with Gasteiger partial charge in [0.05, 0.1) is 31.5 Å². The third kappa shape index (κ3) is 21.7. The molecule has 13 heteroatoms. The van der Waals surface area contributed by atoms with Crippen molar-refractivity contribution in [3.05, 3.63) is 72.1 Å². The van der Waals surface area contributed by atoms with Gasteiger partial charge in [0.2, 0.25) is 0 Å². The van der Waals surface area contributed by atoms with E-state index >= 15 is 0 Å². The Kier molecular flexibility index (Phi) is 22.3. The van der Waals surface area contributed by atoms with Crippen molar-refractivity contribution in [1.29, 1.82) is 0 Å². The van der Waals surface area contributed by atoms with Crippen molar-refractivity contribution in [1.82, 2.24) is 4.90 Å². The van der Waals surface area contributed by atoms with Crippen LogP contribution in [0.4, 0.5) is 0 Å². The molecule has 1 aliphatic heterocycles. The first-order valence-corrected chi connectivity index (χ1v) is 27.0. The Hall–Kier alpha value is -3.08. The van der Waals surface area contributed by atoms with Crippen LogP contribution in [0.5, 0.6) is 0 Å². The zero-order valence-corrected chi connectivity index (χ0v) is 37.5. The van der Waals surface area contributed by atoms with Crippen molar-refractivity contribution >= 4 is 34.0 Å². The highest BCUT2D eigenvalue weighted by Gasteiger charge is 2.37. The van der Waals surface area contributed by atoms with Gasteiger partial charge in [-0.3, -0.25) is 9.59 Å². The minimum absolute atomic E-state index is 0.0438. The zero-order valence-electron chi connectivity index (χ0n) is 35.5. The Balaban J connectivity index is 2.79. The summed E-state index contributed by atoms with van der Waals surface area (Å²) < 4.78 is 22.9. The lowest BCUT2D eigenvalue weighted by atomic mass is 9.92. The van der Waals surface area contributed by atoms with Crippen molar-refractivity contribution in [2.45, 2.75) is 142 Å². The number of aliphatic hydroxyl groups is 3. The smallest absolute Gasteiger partial charge is 0.328 e. The van der Waals surface area contributed by atoms with Gasteiger partial charge >= 0.3 is 11.9 Å². The minimum atomic E-state index is -1.46. The molecule has 0 aromatic heterocycles. The molecule has 3 N–H and O–H groups in total. The maximum atomic E-state index is 13.1. The predicted molar refractivity (Wildman–Crippen MR) is 225 cm³/mol. The monoisotopic (exact) mass is 805 g/mol. The molecule has 1 amide bonds. The molecule has 1 heterocycles. The SMILES string of the molecule is CC(/C=C/C=C/C=C/C=C/C(O)=C\C(=O)N(C)[C@@H](CCC(=O)OCC[Si](C)(C)C)C(=O)OCC[Si](C)(C)C)=C\[C@@H](C)[C@@H](O[C@H]1C[C@H](O)[C@H](O)[C@@H](C)O1)C(C)C. The van der Waals surface area contributed by atoms with Gasteiger partial charge < -0.3 is 39.2 Å². The van der Waals surface area contributed by atoms with Gasteiger partial charge in [-0.1, -0.05) is 114 Å². The second-order valence-electron chi connectivity index (χ2n) is 17.2. The maximum Gasteiger partial charge on any atom is 0.328 e. The largest absolute Gasteiger partial charge is 0.508 e. The van der Waals surface area contributed by atoms with Crippen molar-refractivity contribution < 1.29 is 48.7 Å². The molecule has 0 aliphatic carbocycles. The molecular weight excluding hydrogens is 735 g/mol. The Morgan fingerprint density at radius 1 is 0.873 bits per heavy atom. The van der Waals surface area contributed by atoms with Gasteiger partial charge in [-0.25, -0.2) is 4.79 Å². The van der Waals surface area contributed by atoms with Gasteiger partial charge in [-0.15, -0.1) is 0 Å². The lowest BCUT2D eigenvalue weighted by molar-refractivity contribution is -0.267. The average Bonchev–Trinajstić information content (AvgIpc) is 3.05. The highest BCUT2D eigenvalue weighted by molar-refractivity contribution is 6.76. The summed E-state index contributed by atoms with van der Waals surface area (Å²) in [7, 11) is -1.38. The van der Waals surface area contributed by atoms with Gasteiger partial charge in [0.1, 0.15) is 17.9 Å². The molecule has 0 unspecified atom stereocenters. The number of carbonyl (C=O) groups excluding carboxylic acids is 3. The number of allylic oxidation sites excluding steroid dienone is 9. The second-order valence-corrected chi connectivity index (χ2v) is 28.5. The first-order valence-electron chi connectivity index (χ1n) is 19.5. The number of aliphatic hydroxyl groups excluding tert-OH is 3. The summed E-state index contributed by atoms with van der Waals surface area (Å²) in [5.41, 5.74) is 1.05. The summed E-state index contributed by atoms with van der Waals surface area (Å²) in [6, 6.07) is 0.600. The van der Waals surface area contributed by atoms with Gasteiger partial charge in [0, 0.05) is 48.0 Å². The quantitative estimate of drug-likeness (QED) is 0.0330. The molecule has 1 rings (SSSR count). The minimum Gasteiger partial charge on any atom is -0.508 e. The Morgan fingerprint density at radius 2 is 1.42 bits per heavy atom. The summed E-state index contributed by atoms with van der Waals surface area (Å²) in [6.45, 7) is 23.7. The molecule has 1 aliphatic rings. The van der Waals surface area contributed by atoms with Crippen LogP contribution in [0, 0.1) is 11.8 Å². The number of ether oxygens (including phenoxy) is 4. The van der Waals surface area contributed by atoms with Crippen LogP contribution in [-0.4, -0.2) is 111 Å². The topological polar surface area (TPSA) is 152 Å². The van der Waals surface area contributed by atoms with E-state index in [4.69, 9.17) is 18.9 Å². The van der Waals surface area contributed by atoms with Gasteiger partial charge in [-0.05, 0) is 44.4 Å². The van der Waals surface area contributed by atoms with Gasteiger partial charge in [-0.2, -0.15) is 0 Å². The fourth-order valence-corrected chi connectivity index (χ4v) is 7.04. The molecule has 0 bridgehead atoms. The Labute approximate surface area is 332 Å². The van der Waals surface area contributed by atoms with E-state index in [0.29, 0.717) is 6.61 Å². The summed E-state index contributed by atoms with van der Waals surface area (Å²) in [6.07, 6.45) is 14.4. The van der Waals surface area contributed by atoms with E-state index < -0.39 is 64.6 Å². The molecule has 55 heavy (non-hydrogen) atoms. The molecule has 0 saturated carbocycles. The van der Waals surface area contributed by atoms with Crippen molar-refractivity contribution in [2.75, 3.05) is 20.3 Å². The standard InChI is InChI=1S/C42H71NO10Si2/c1-30(2)41(53-39-29-36(45)40(48)33(5)52-39)32(4)27-31(3)19-17-15-13-14-16-18-20-34(44)28-37(46)43(6)35(42(49)51-24-26-55(10,11)12)21-22-38(47)50-23-25-54(7,8)9/h13-20,27-28,30,32-33,35-36,39-41,44-45,48H,21-26,29H2,1-12H3/b15-13+,16-14+,19-17+,20-18+,31-27+,34-28+/t32-,33-,35+,36+,39+,40-,41+/m1/s1. The van der Waals surface area contributed by atoms with Crippen molar-refractivity contribution in [3.8, 4) is 0 Å². The molecule has 312 valence electrons. The van der Waals surface area contributed by atoms with E-state index in [0.717, 1.165) is 23.7 Å². The molecule has 11 nitrogen and oxygen atoms in total. The molecule has 0 spiro atoms. The fourth-order valence-electron chi connectivity index (χ4n) is 5.61. The van der Waals surface area contributed by atoms with Crippen LogP contribution >= 0.6 is 0 Å². The Bertz CT molecular complexity index is 1380. The molecule has 0 aromatic carbocycles. The number of amides is 1. The number of hydrogen-bond donors (Lipinski definition) is 3. The molecule has 0 aromatic rings. The summed E-state index contributed by atoms with van der Waals surface area (Å²) >= 11 is 0. The van der Waals surface area contributed by atoms with Crippen LogP contribution in [0.3, 0.4) is 0 Å². The third-order valence-corrected chi connectivity index (χ3v) is 12.5. The first kappa shape index (κ1) is 49.9. The van der Waals surface area contributed by atoms with E-state index in [1.165, 1.54) is 18.0 Å². The van der Waals surface area contributed by atoms with Gasteiger partial charge in [0.15, 0.2) is 6.29 Å². The van der Waals surface area contributed by atoms with E-state index in [1.807, 2.05) is 31.2 Å². The van der Waals surface area contributed by atoms with E-state index in [-0.39, 0.29) is 49.6 Å². The number of nitrogens with zero attached hydrogens (tertiary/aromatic N) is 1. The van der Waals surface area contributed by atoms with Crippen LogP contribution in [-0.2, 0) is 33.3 Å². The number of hydrogen-bond acceptors (Lipinski definition) is 10. The third-order valence-electron chi connectivity index (χ3n) is 9.06. The zero-order chi connectivity index (χ0) is 41.9. The molecule has 7 atom stereocenters. The van der Waals surface area contributed by atoms with E-state index in [2.05, 4.69) is 66.1 Å². The second kappa shape index (κ2) is 24.5. The maximum absolute atomic E-state index is 13.1. The highest BCUT2D eigenvalue weighted by atomic mass is 28.3. The normalized spacial score (nSPS) is 22.2. The van der Waals surface area contributed by atoms with Crippen molar-refractivity contribution in [2.24, 2.45) is 11.8 Å². The summed E-state index contributed by atoms with van der Waals surface area (Å²) in [5.74, 6) is -1.64. The molecule has 1 saturated heterocycles. The Morgan fingerprint density at radius 3 is 1.96 bits per heavy atom. The highest BCUT2D eigenvalue weighted by Crippen LogP contribution is 2.27. The number of carbonyl (C=O) groups is 3. The van der Waals surface area contributed by atoms with Crippen LogP contribution in [0.25, 0.3) is 0 Å². The average molecular weight is 806 g/mol. The first-order chi connectivity index (χ1) is 25.5. The van der Waals surface area contributed by atoms with Crippen LogP contribution < -0.4 is 0 Å². The molecular formula is C42H71NO10Si2. The molecule has 1 fully saturated rings. The molecule has 0 radical (unpaired) electrons. The number of rotatable bonds is 22. The van der Waals surface area contributed by atoms with Crippen molar-refractivity contribution in [3.63, 3.8) is 0 Å². The lowest BCUT2D eigenvalue weighted by Gasteiger charge is -2.38. The van der Waals surface area contributed by atoms with E-state index in [1.54, 1.807) is 25.2 Å². The fraction of sp³-hybridized carbons (Fsp3) is 0.643. The summed E-state index contributed by atoms with van der Waals surface area (Å²) in [4.78, 5) is 39.8. The number of esters is 2. The van der Waals surface area contributed by atoms with E-state index in [9.17, 15) is 29.7 Å². The predicted octanol–water partition coefficient (Wildman–Crippen LogP) is 7.50. The van der Waals surface area contributed by atoms with Crippen LogP contribution in [0.15, 0.2) is 72.1 Å². The lowest BCUT2D eigenvalue weighted by Crippen LogP contribution is -2.49. The summed E-state index contributed by atoms with van der Waals surface area (Å²) in [5, 5.41) is 30.5. The van der Waals surface area contributed by atoms with Crippen LogP contribution in [0.1, 0.15) is 53.9 Å².